The van der Waals surface area contributed by atoms with Crippen LogP contribution in [0.15, 0.2) is 23.1 Å². The summed E-state index contributed by atoms with van der Waals surface area (Å²) in [5.74, 6) is 0.570. The summed E-state index contributed by atoms with van der Waals surface area (Å²) in [6, 6.07) is 4.55. The van der Waals surface area contributed by atoms with Gasteiger partial charge in [0.1, 0.15) is 0 Å². The normalized spacial score (nSPS) is 17.0. The number of amides is 1. The number of rotatable bonds is 3. The van der Waals surface area contributed by atoms with Gasteiger partial charge < -0.3 is 4.90 Å². The average molecular weight is 330 g/mol. The Bertz CT molecular complexity index is 634. The molecule has 1 saturated heterocycles. The summed E-state index contributed by atoms with van der Waals surface area (Å²) in [7, 11) is 1.55. The van der Waals surface area contributed by atoms with Crippen molar-refractivity contribution in [2.45, 2.75) is 38.0 Å². The van der Waals surface area contributed by atoms with Crippen molar-refractivity contribution in [3.63, 3.8) is 0 Å². The number of carbonyl (C=O) groups excluding carboxylic acids is 1. The van der Waals surface area contributed by atoms with Crippen LogP contribution < -0.4 is 0 Å². The van der Waals surface area contributed by atoms with Crippen molar-refractivity contribution in [1.82, 2.24) is 4.90 Å². The second-order valence-electron chi connectivity index (χ2n) is 5.62. The fraction of sp³-hybridized carbons (Fsp3) is 0.533. The number of likely N-dealkylation sites (tertiary alicyclic amines) is 1. The molecule has 1 aliphatic rings. The molecule has 1 amide bonds. The lowest BCUT2D eigenvalue weighted by Gasteiger charge is -2.31. The van der Waals surface area contributed by atoms with E-state index >= 15 is 0 Å². The Labute approximate surface area is 130 Å². The van der Waals surface area contributed by atoms with Crippen LogP contribution >= 0.6 is 10.7 Å². The quantitative estimate of drug-likeness (QED) is 0.800. The standard InChI is InChI=1S/C15H20ClNO3S/c1-3-12-4-6-17(7-5-12)15(18)13-8-11(2)9-14(10-13)21(16,19)20/h8-10,12H,3-7H2,1-2H3. The number of aryl methyl sites for hydroxylation is 1. The highest BCUT2D eigenvalue weighted by Crippen LogP contribution is 2.23. The predicted molar refractivity (Wildman–Crippen MR) is 83.1 cm³/mol. The van der Waals surface area contributed by atoms with E-state index < -0.39 is 9.05 Å². The lowest BCUT2D eigenvalue weighted by molar-refractivity contribution is 0.0688. The zero-order chi connectivity index (χ0) is 15.6. The molecule has 0 aliphatic carbocycles. The Morgan fingerprint density at radius 1 is 1.29 bits per heavy atom. The number of hydrogen-bond acceptors (Lipinski definition) is 3. The summed E-state index contributed by atoms with van der Waals surface area (Å²) >= 11 is 0. The molecule has 0 unspecified atom stereocenters. The first-order valence-electron chi connectivity index (χ1n) is 7.17. The molecule has 0 N–H and O–H groups in total. The molecule has 1 aromatic rings. The van der Waals surface area contributed by atoms with Gasteiger partial charge in [0, 0.05) is 29.3 Å². The van der Waals surface area contributed by atoms with Crippen LogP contribution in [0.5, 0.6) is 0 Å². The van der Waals surface area contributed by atoms with Crippen LogP contribution in [0, 0.1) is 12.8 Å². The number of benzene rings is 1. The molecule has 116 valence electrons. The molecule has 1 heterocycles. The first kappa shape index (κ1) is 16.3. The van der Waals surface area contributed by atoms with Crippen LogP contribution in [0.3, 0.4) is 0 Å². The van der Waals surface area contributed by atoms with Crippen molar-refractivity contribution < 1.29 is 13.2 Å². The van der Waals surface area contributed by atoms with E-state index in [1.54, 1.807) is 17.9 Å². The van der Waals surface area contributed by atoms with Gasteiger partial charge in [0.2, 0.25) is 0 Å². The molecule has 0 aromatic heterocycles. The average Bonchev–Trinajstić information content (AvgIpc) is 2.45. The summed E-state index contributed by atoms with van der Waals surface area (Å²) in [4.78, 5) is 14.3. The fourth-order valence-corrected chi connectivity index (χ4v) is 3.60. The van der Waals surface area contributed by atoms with Crippen molar-refractivity contribution in [1.29, 1.82) is 0 Å². The molecule has 0 saturated carbocycles. The maximum atomic E-state index is 12.5. The number of hydrogen-bond donors (Lipinski definition) is 0. The molecule has 0 spiro atoms. The van der Waals surface area contributed by atoms with Crippen LogP contribution in [0.1, 0.15) is 42.1 Å². The van der Waals surface area contributed by atoms with E-state index in [1.807, 2.05) is 0 Å². The van der Waals surface area contributed by atoms with E-state index in [0.717, 1.165) is 32.4 Å². The minimum atomic E-state index is -3.82. The lowest BCUT2D eigenvalue weighted by atomic mass is 9.94. The Morgan fingerprint density at radius 3 is 2.43 bits per heavy atom. The second kappa shape index (κ2) is 6.36. The third-order valence-corrected chi connectivity index (χ3v) is 5.39. The maximum absolute atomic E-state index is 12.5. The third-order valence-electron chi connectivity index (χ3n) is 4.06. The molecule has 0 radical (unpaired) electrons. The molecule has 1 aliphatic heterocycles. The summed E-state index contributed by atoms with van der Waals surface area (Å²) in [5.41, 5.74) is 1.10. The fourth-order valence-electron chi connectivity index (χ4n) is 2.74. The van der Waals surface area contributed by atoms with Gasteiger partial charge in [0.05, 0.1) is 4.90 Å². The number of nitrogens with zero attached hydrogens (tertiary/aromatic N) is 1. The van der Waals surface area contributed by atoms with Crippen molar-refractivity contribution >= 4 is 25.6 Å². The highest BCUT2D eigenvalue weighted by Gasteiger charge is 2.24. The Kier molecular flexibility index (Phi) is 4.94. The van der Waals surface area contributed by atoms with E-state index in [2.05, 4.69) is 6.92 Å². The van der Waals surface area contributed by atoms with Crippen molar-refractivity contribution in [2.24, 2.45) is 5.92 Å². The smallest absolute Gasteiger partial charge is 0.261 e. The highest BCUT2D eigenvalue weighted by molar-refractivity contribution is 8.13. The monoisotopic (exact) mass is 329 g/mol. The molecular formula is C15H20ClNO3S. The van der Waals surface area contributed by atoms with Gasteiger partial charge in [-0.25, -0.2) is 8.42 Å². The molecule has 4 nitrogen and oxygen atoms in total. The summed E-state index contributed by atoms with van der Waals surface area (Å²) in [6.07, 6.45) is 3.16. The summed E-state index contributed by atoms with van der Waals surface area (Å²) < 4.78 is 22.9. The number of halogens is 1. The molecular weight excluding hydrogens is 310 g/mol. The third kappa shape index (κ3) is 3.98. The van der Waals surface area contributed by atoms with Crippen molar-refractivity contribution in [2.75, 3.05) is 13.1 Å². The van der Waals surface area contributed by atoms with Crippen LogP contribution in [0.4, 0.5) is 0 Å². The van der Waals surface area contributed by atoms with Crippen molar-refractivity contribution in [3.05, 3.63) is 29.3 Å². The van der Waals surface area contributed by atoms with Crippen molar-refractivity contribution in [3.8, 4) is 0 Å². The molecule has 0 bridgehead atoms. The maximum Gasteiger partial charge on any atom is 0.261 e. The Morgan fingerprint density at radius 2 is 1.90 bits per heavy atom. The zero-order valence-electron chi connectivity index (χ0n) is 12.3. The first-order chi connectivity index (χ1) is 9.81. The van der Waals surface area contributed by atoms with Crippen LogP contribution in [-0.4, -0.2) is 32.3 Å². The topological polar surface area (TPSA) is 54.5 Å². The van der Waals surface area contributed by atoms with E-state index in [4.69, 9.17) is 10.7 Å². The highest BCUT2D eigenvalue weighted by atomic mass is 35.7. The second-order valence-corrected chi connectivity index (χ2v) is 8.18. The largest absolute Gasteiger partial charge is 0.339 e. The van der Waals surface area contributed by atoms with Gasteiger partial charge in [-0.2, -0.15) is 0 Å². The number of carbonyl (C=O) groups is 1. The first-order valence-corrected chi connectivity index (χ1v) is 9.48. The summed E-state index contributed by atoms with van der Waals surface area (Å²) in [5, 5.41) is 0. The van der Waals surface area contributed by atoms with E-state index in [0.29, 0.717) is 17.0 Å². The number of piperidine rings is 1. The molecule has 1 fully saturated rings. The lowest BCUT2D eigenvalue weighted by Crippen LogP contribution is -2.38. The van der Waals surface area contributed by atoms with E-state index in [-0.39, 0.29) is 10.8 Å². The Hall–Kier alpha value is -1.07. The molecule has 6 heteroatoms. The molecule has 1 aromatic carbocycles. The zero-order valence-corrected chi connectivity index (χ0v) is 13.9. The van der Waals surface area contributed by atoms with Crippen LogP contribution in [0.2, 0.25) is 0 Å². The SMILES string of the molecule is CCC1CCN(C(=O)c2cc(C)cc(S(=O)(=O)Cl)c2)CC1. The van der Waals surface area contributed by atoms with Gasteiger partial charge in [0.25, 0.3) is 15.0 Å². The van der Waals surface area contributed by atoms with E-state index in [9.17, 15) is 13.2 Å². The molecule has 21 heavy (non-hydrogen) atoms. The minimum Gasteiger partial charge on any atom is -0.339 e. The Balaban J connectivity index is 2.22. The van der Waals surface area contributed by atoms with Gasteiger partial charge in [-0.05, 0) is 49.4 Å². The van der Waals surface area contributed by atoms with E-state index in [1.165, 1.54) is 12.1 Å². The molecule has 2 rings (SSSR count). The van der Waals surface area contributed by atoms with Gasteiger partial charge in [-0.3, -0.25) is 4.79 Å². The molecule has 0 atom stereocenters. The van der Waals surface area contributed by atoms with Gasteiger partial charge in [-0.15, -0.1) is 0 Å². The van der Waals surface area contributed by atoms with Gasteiger partial charge in [0.15, 0.2) is 0 Å². The predicted octanol–water partition coefficient (Wildman–Crippen LogP) is 3.18. The van der Waals surface area contributed by atoms with Gasteiger partial charge in [-0.1, -0.05) is 13.3 Å². The van der Waals surface area contributed by atoms with Crippen LogP contribution in [0.25, 0.3) is 0 Å². The van der Waals surface area contributed by atoms with Gasteiger partial charge >= 0.3 is 0 Å². The minimum absolute atomic E-state index is 0.0176. The summed E-state index contributed by atoms with van der Waals surface area (Å²) in [6.45, 7) is 5.38. The van der Waals surface area contributed by atoms with Crippen LogP contribution in [-0.2, 0) is 9.05 Å².